The molecular weight excluding hydrogens is 570 g/mol. The minimum atomic E-state index is -1.40. The Morgan fingerprint density at radius 2 is 1.73 bits per heavy atom. The van der Waals surface area contributed by atoms with Gasteiger partial charge in [-0.2, -0.15) is 15.3 Å². The first-order valence-electron chi connectivity index (χ1n) is 14.7. The molecule has 45 heavy (non-hydrogen) atoms. The van der Waals surface area contributed by atoms with Crippen molar-refractivity contribution in [3.63, 3.8) is 0 Å². The van der Waals surface area contributed by atoms with Gasteiger partial charge < -0.3 is 15.0 Å². The van der Waals surface area contributed by atoms with Gasteiger partial charge >= 0.3 is 0 Å². The normalized spacial score (nSPS) is 27.0. The summed E-state index contributed by atoms with van der Waals surface area (Å²) in [4.78, 5) is 35.1. The maximum atomic E-state index is 7.71. The summed E-state index contributed by atoms with van der Waals surface area (Å²) in [5.74, 6) is 0.988. The molecule has 6 aromatic rings. The van der Waals surface area contributed by atoms with E-state index in [2.05, 4.69) is 35.5 Å². The number of hydrogen-bond donors (Lipinski definition) is 3. The predicted molar refractivity (Wildman–Crippen MR) is 159 cm³/mol. The lowest BCUT2D eigenvalue weighted by atomic mass is 9.52. The molecule has 4 atom stereocenters. The number of rotatable bonds is 7. The second kappa shape index (κ2) is 11.0. The minimum Gasteiger partial charge on any atom is -0.348 e. The molecule has 6 aromatic heterocycles. The van der Waals surface area contributed by atoms with E-state index in [9.17, 15) is 0 Å². The zero-order chi connectivity index (χ0) is 30.2. The number of ether oxygens (including phenoxy) is 1. The van der Waals surface area contributed by atoms with Gasteiger partial charge in [-0.05, 0) is 49.4 Å². The van der Waals surface area contributed by atoms with Crippen molar-refractivity contribution in [2.75, 3.05) is 19.8 Å². The van der Waals surface area contributed by atoms with Gasteiger partial charge in [0.1, 0.15) is 28.6 Å². The van der Waals surface area contributed by atoms with E-state index in [-0.39, 0.29) is 0 Å². The fraction of sp³-hybridized carbons (Fsp3) is 0.258. The molecule has 2 fully saturated rings. The van der Waals surface area contributed by atoms with Gasteiger partial charge in [-0.3, -0.25) is 25.0 Å². The van der Waals surface area contributed by atoms with Gasteiger partial charge in [-0.25, -0.2) is 15.0 Å². The van der Waals surface area contributed by atoms with Crippen molar-refractivity contribution in [2.45, 2.75) is 29.1 Å². The Morgan fingerprint density at radius 3 is 2.42 bits per heavy atom. The van der Waals surface area contributed by atoms with Crippen molar-refractivity contribution in [1.82, 2.24) is 65.5 Å². The Kier molecular flexibility index (Phi) is 6.66. The second-order valence-corrected chi connectivity index (χ2v) is 10.9. The average molecular weight is 600 g/mol. The molecule has 0 spiro atoms. The lowest BCUT2D eigenvalue weighted by molar-refractivity contribution is -0.190. The van der Waals surface area contributed by atoms with Crippen molar-refractivity contribution < 1.29 is 4.74 Å². The van der Waals surface area contributed by atoms with Crippen LogP contribution in [0.4, 0.5) is 0 Å². The number of aromatic nitrogens is 11. The lowest BCUT2D eigenvalue weighted by Crippen LogP contribution is -2.68. The monoisotopic (exact) mass is 599 g/mol. The number of pyridine rings is 1. The topological polar surface area (TPSA) is 172 Å². The Labute approximate surface area is 257 Å². The van der Waals surface area contributed by atoms with Gasteiger partial charge in [-0.15, -0.1) is 0 Å². The van der Waals surface area contributed by atoms with E-state index in [4.69, 9.17) is 34.8 Å². The minimum absolute atomic E-state index is 0.443. The van der Waals surface area contributed by atoms with Crippen LogP contribution in [0.2, 0.25) is 0 Å². The molecule has 14 heteroatoms. The summed E-state index contributed by atoms with van der Waals surface area (Å²) in [6.07, 6.45) is 17.1. The SMILES string of the molecule is c1ccc(C2(N3CCCNC3)OC(c3cnccn3)C(c3cccnn3)(c3ncc[nH]3)C2(c2ncccn2)c2ccn[nH]2)nc1. The summed E-state index contributed by atoms with van der Waals surface area (Å²) in [6.45, 7) is 2.02. The number of aromatic amines is 2. The van der Waals surface area contributed by atoms with E-state index in [1.54, 1.807) is 68.0 Å². The highest BCUT2D eigenvalue weighted by Crippen LogP contribution is 2.71. The van der Waals surface area contributed by atoms with Crippen LogP contribution in [0.1, 0.15) is 46.9 Å². The van der Waals surface area contributed by atoms with Gasteiger partial charge in [-0.1, -0.05) is 6.07 Å². The van der Waals surface area contributed by atoms with Crippen LogP contribution in [0.15, 0.2) is 104 Å². The Bertz CT molecular complexity index is 1820. The van der Waals surface area contributed by atoms with Crippen molar-refractivity contribution in [3.05, 3.63) is 139 Å². The summed E-state index contributed by atoms with van der Waals surface area (Å²) in [5.41, 5.74) is -1.74. The molecule has 14 nitrogen and oxygen atoms in total. The molecule has 0 bridgehead atoms. The highest BCUT2D eigenvalue weighted by molar-refractivity contribution is 5.55. The first kappa shape index (κ1) is 27.3. The molecule has 0 aliphatic carbocycles. The van der Waals surface area contributed by atoms with Crippen LogP contribution in [0.3, 0.4) is 0 Å². The maximum absolute atomic E-state index is 7.71. The Balaban J connectivity index is 1.65. The zero-order valence-electron chi connectivity index (χ0n) is 24.1. The van der Waals surface area contributed by atoms with E-state index in [1.165, 1.54) is 0 Å². The van der Waals surface area contributed by atoms with Crippen LogP contribution in [0.5, 0.6) is 0 Å². The number of imidazole rings is 1. The first-order chi connectivity index (χ1) is 22.3. The highest BCUT2D eigenvalue weighted by atomic mass is 16.5. The fourth-order valence-electron chi connectivity index (χ4n) is 7.33. The predicted octanol–water partition coefficient (Wildman–Crippen LogP) is 2.05. The molecule has 0 radical (unpaired) electrons. The van der Waals surface area contributed by atoms with Gasteiger partial charge in [0.15, 0.2) is 5.72 Å². The van der Waals surface area contributed by atoms with Crippen LogP contribution in [0, 0.1) is 0 Å². The van der Waals surface area contributed by atoms with Crippen LogP contribution < -0.4 is 5.32 Å². The fourth-order valence-corrected chi connectivity index (χ4v) is 7.33. The average Bonchev–Trinajstić information content (AvgIpc) is 3.91. The lowest BCUT2D eigenvalue weighted by Gasteiger charge is -2.53. The standard InChI is InChI=1S/C31H29N13O/c1-2-10-35-25(6-1)31(44-19-5-9-33-21-44)30(24-8-14-41-43-24,28-36-11-4-12-37-28)29(27-38-17-18-39-27,23-7-3-13-40-42-23)26(45-31)22-20-32-15-16-34-22/h1-4,6-8,10-18,20,26,33H,5,9,19,21H2,(H,38,39)(H,41,43). The van der Waals surface area contributed by atoms with E-state index < -0.39 is 22.7 Å². The summed E-state index contributed by atoms with van der Waals surface area (Å²) in [6, 6.07) is 13.3. The highest BCUT2D eigenvalue weighted by Gasteiger charge is 2.82. The van der Waals surface area contributed by atoms with Crippen molar-refractivity contribution in [3.8, 4) is 0 Å². The van der Waals surface area contributed by atoms with Crippen molar-refractivity contribution in [1.29, 1.82) is 0 Å². The van der Waals surface area contributed by atoms with Crippen molar-refractivity contribution in [2.24, 2.45) is 0 Å². The molecule has 2 aliphatic heterocycles. The number of hydrogen-bond acceptors (Lipinski definition) is 12. The zero-order valence-corrected chi connectivity index (χ0v) is 24.1. The molecule has 3 N–H and O–H groups in total. The maximum Gasteiger partial charge on any atom is 0.186 e. The largest absolute Gasteiger partial charge is 0.348 e. The molecule has 2 aliphatic rings. The van der Waals surface area contributed by atoms with E-state index in [0.29, 0.717) is 47.6 Å². The van der Waals surface area contributed by atoms with Crippen LogP contribution in [-0.2, 0) is 21.3 Å². The van der Waals surface area contributed by atoms with E-state index in [0.717, 1.165) is 13.0 Å². The van der Waals surface area contributed by atoms with Gasteiger partial charge in [0.2, 0.25) is 0 Å². The Hall–Kier alpha value is -5.31. The smallest absolute Gasteiger partial charge is 0.186 e. The quantitative estimate of drug-likeness (QED) is 0.244. The van der Waals surface area contributed by atoms with Crippen molar-refractivity contribution >= 4 is 0 Å². The van der Waals surface area contributed by atoms with Crippen LogP contribution in [-0.4, -0.2) is 79.9 Å². The second-order valence-electron chi connectivity index (χ2n) is 10.9. The third kappa shape index (κ3) is 3.76. The summed E-state index contributed by atoms with van der Waals surface area (Å²) < 4.78 is 7.71. The molecule has 0 saturated carbocycles. The molecule has 0 aromatic carbocycles. The van der Waals surface area contributed by atoms with E-state index in [1.807, 2.05) is 36.4 Å². The summed E-state index contributed by atoms with van der Waals surface area (Å²) in [7, 11) is 0. The molecule has 224 valence electrons. The molecule has 8 heterocycles. The summed E-state index contributed by atoms with van der Waals surface area (Å²) >= 11 is 0. The van der Waals surface area contributed by atoms with Gasteiger partial charge in [0.05, 0.1) is 35.6 Å². The molecular formula is C31H29N13O. The summed E-state index contributed by atoms with van der Waals surface area (Å²) in [5, 5.41) is 20.6. The number of H-pyrrole nitrogens is 2. The van der Waals surface area contributed by atoms with Crippen LogP contribution >= 0.6 is 0 Å². The molecule has 0 amide bonds. The molecule has 2 saturated heterocycles. The third-order valence-corrected chi connectivity index (χ3v) is 8.83. The first-order valence-corrected chi connectivity index (χ1v) is 14.7. The number of nitrogens with one attached hydrogen (secondary N) is 3. The van der Waals surface area contributed by atoms with Crippen LogP contribution in [0.25, 0.3) is 0 Å². The van der Waals surface area contributed by atoms with E-state index >= 15 is 0 Å². The molecule has 4 unspecified atom stereocenters. The Morgan fingerprint density at radius 1 is 0.822 bits per heavy atom. The third-order valence-electron chi connectivity index (χ3n) is 8.83. The van der Waals surface area contributed by atoms with Gasteiger partial charge in [0, 0.05) is 62.3 Å². The number of nitrogens with zero attached hydrogens (tertiary/aromatic N) is 10. The van der Waals surface area contributed by atoms with Gasteiger partial charge in [0.25, 0.3) is 0 Å². The molecule has 8 rings (SSSR count).